The first-order valence-corrected chi connectivity index (χ1v) is 11.7. The molecule has 0 aliphatic carbocycles. The molecule has 2 saturated heterocycles. The van der Waals surface area contributed by atoms with Crippen molar-refractivity contribution in [2.45, 2.75) is 30.6 Å². The maximum absolute atomic E-state index is 13.1. The van der Waals surface area contributed by atoms with E-state index in [1.807, 2.05) is 0 Å². The SMILES string of the molecule is NC(=O)C1CCN(C(=O)CNC(=O)C2CCN(S(=O)(=O)c3ccc(F)cc3)CC2)CC1. The van der Waals surface area contributed by atoms with Gasteiger partial charge in [0.15, 0.2) is 0 Å². The van der Waals surface area contributed by atoms with Crippen LogP contribution in [0.3, 0.4) is 0 Å². The molecule has 170 valence electrons. The normalized spacial score (nSPS) is 19.2. The smallest absolute Gasteiger partial charge is 0.243 e. The zero-order valence-electron chi connectivity index (χ0n) is 17.1. The number of nitrogens with one attached hydrogen (secondary N) is 1. The van der Waals surface area contributed by atoms with Gasteiger partial charge in [-0.2, -0.15) is 4.31 Å². The summed E-state index contributed by atoms with van der Waals surface area (Å²) in [5.41, 5.74) is 5.29. The van der Waals surface area contributed by atoms with E-state index in [2.05, 4.69) is 5.32 Å². The highest BCUT2D eigenvalue weighted by atomic mass is 32.2. The number of nitrogens with zero attached hydrogens (tertiary/aromatic N) is 2. The minimum atomic E-state index is -3.74. The van der Waals surface area contributed by atoms with Crippen LogP contribution >= 0.6 is 0 Å². The van der Waals surface area contributed by atoms with E-state index in [-0.39, 0.29) is 54.1 Å². The Morgan fingerprint density at radius 3 is 2.06 bits per heavy atom. The van der Waals surface area contributed by atoms with Crippen molar-refractivity contribution in [1.82, 2.24) is 14.5 Å². The Labute approximate surface area is 180 Å². The van der Waals surface area contributed by atoms with E-state index in [4.69, 9.17) is 5.73 Å². The van der Waals surface area contributed by atoms with E-state index in [0.717, 1.165) is 12.1 Å². The maximum Gasteiger partial charge on any atom is 0.243 e. The van der Waals surface area contributed by atoms with Gasteiger partial charge in [0.05, 0.1) is 11.4 Å². The zero-order chi connectivity index (χ0) is 22.6. The molecule has 9 nitrogen and oxygen atoms in total. The summed E-state index contributed by atoms with van der Waals surface area (Å²) in [6.07, 6.45) is 1.72. The number of nitrogens with two attached hydrogens (primary N) is 1. The first-order chi connectivity index (χ1) is 14.7. The van der Waals surface area contributed by atoms with Crippen molar-refractivity contribution in [2.75, 3.05) is 32.7 Å². The van der Waals surface area contributed by atoms with Crippen molar-refractivity contribution in [1.29, 1.82) is 0 Å². The molecule has 0 spiro atoms. The summed E-state index contributed by atoms with van der Waals surface area (Å²) in [7, 11) is -3.74. The van der Waals surface area contributed by atoms with Gasteiger partial charge in [0.2, 0.25) is 27.7 Å². The summed E-state index contributed by atoms with van der Waals surface area (Å²) >= 11 is 0. The van der Waals surface area contributed by atoms with Gasteiger partial charge >= 0.3 is 0 Å². The molecule has 3 rings (SSSR count). The van der Waals surface area contributed by atoms with Gasteiger partial charge in [0.25, 0.3) is 0 Å². The van der Waals surface area contributed by atoms with E-state index in [1.165, 1.54) is 16.4 Å². The van der Waals surface area contributed by atoms with Crippen LogP contribution in [-0.4, -0.2) is 68.1 Å². The fourth-order valence-electron chi connectivity index (χ4n) is 3.95. The Morgan fingerprint density at radius 2 is 1.52 bits per heavy atom. The average Bonchev–Trinajstić information content (AvgIpc) is 2.77. The third-order valence-corrected chi connectivity index (χ3v) is 7.85. The number of hydrogen-bond acceptors (Lipinski definition) is 5. The van der Waals surface area contributed by atoms with Crippen LogP contribution in [0.5, 0.6) is 0 Å². The first-order valence-electron chi connectivity index (χ1n) is 10.3. The molecule has 11 heteroatoms. The lowest BCUT2D eigenvalue weighted by molar-refractivity contribution is -0.136. The fraction of sp³-hybridized carbons (Fsp3) is 0.550. The summed E-state index contributed by atoms with van der Waals surface area (Å²) < 4.78 is 39.7. The highest BCUT2D eigenvalue weighted by Gasteiger charge is 2.32. The molecule has 1 aromatic rings. The topological polar surface area (TPSA) is 130 Å². The van der Waals surface area contributed by atoms with Crippen LogP contribution in [0.25, 0.3) is 0 Å². The predicted octanol–water partition coefficient (Wildman–Crippen LogP) is 0.0665. The quantitative estimate of drug-likeness (QED) is 0.628. The minimum absolute atomic E-state index is 0.0162. The van der Waals surface area contributed by atoms with Crippen LogP contribution in [0.15, 0.2) is 29.2 Å². The molecular weight excluding hydrogens is 427 g/mol. The molecule has 2 aliphatic rings. The molecule has 0 aromatic heterocycles. The third kappa shape index (κ3) is 5.59. The summed E-state index contributed by atoms with van der Waals surface area (Å²) in [4.78, 5) is 37.6. The molecule has 31 heavy (non-hydrogen) atoms. The van der Waals surface area contributed by atoms with Gasteiger partial charge in [-0.25, -0.2) is 12.8 Å². The predicted molar refractivity (Wildman–Crippen MR) is 109 cm³/mol. The molecule has 0 saturated carbocycles. The first kappa shape index (κ1) is 23.1. The van der Waals surface area contributed by atoms with Crippen molar-refractivity contribution in [3.05, 3.63) is 30.1 Å². The Balaban J connectivity index is 1.44. The molecule has 2 aliphatic heterocycles. The van der Waals surface area contributed by atoms with Gasteiger partial charge < -0.3 is 16.0 Å². The van der Waals surface area contributed by atoms with Gasteiger partial charge in [0.1, 0.15) is 5.82 Å². The van der Waals surface area contributed by atoms with Crippen molar-refractivity contribution in [2.24, 2.45) is 17.6 Å². The summed E-state index contributed by atoms with van der Waals surface area (Å²) in [5, 5.41) is 2.64. The van der Waals surface area contributed by atoms with Crippen LogP contribution in [0.4, 0.5) is 4.39 Å². The minimum Gasteiger partial charge on any atom is -0.369 e. The van der Waals surface area contributed by atoms with Crippen LogP contribution in [0.2, 0.25) is 0 Å². The van der Waals surface area contributed by atoms with Crippen molar-refractivity contribution in [3.8, 4) is 0 Å². The molecule has 0 radical (unpaired) electrons. The van der Waals surface area contributed by atoms with E-state index < -0.39 is 15.8 Å². The number of benzene rings is 1. The Kier molecular flexibility index (Phi) is 7.26. The van der Waals surface area contributed by atoms with Crippen LogP contribution in [0, 0.1) is 17.7 Å². The number of carbonyl (C=O) groups is 3. The molecule has 0 bridgehead atoms. The number of likely N-dealkylation sites (tertiary alicyclic amines) is 1. The number of primary amides is 1. The summed E-state index contributed by atoms with van der Waals surface area (Å²) in [6, 6.07) is 4.64. The van der Waals surface area contributed by atoms with E-state index in [9.17, 15) is 27.2 Å². The largest absolute Gasteiger partial charge is 0.369 e. The standard InChI is InChI=1S/C20H27FN4O5S/c21-16-1-3-17(4-2-16)31(29,30)25-11-7-15(8-12-25)20(28)23-13-18(26)24-9-5-14(6-10-24)19(22)27/h1-4,14-15H,5-13H2,(H2,22,27)(H,23,28). The number of sulfonamides is 1. The Bertz CT molecular complexity index is 921. The number of carbonyl (C=O) groups excluding carboxylic acids is 3. The molecule has 2 fully saturated rings. The molecule has 0 atom stereocenters. The number of piperidine rings is 2. The molecular formula is C20H27FN4O5S. The Hall–Kier alpha value is -2.53. The lowest BCUT2D eigenvalue weighted by Gasteiger charge is -2.32. The number of rotatable bonds is 6. The summed E-state index contributed by atoms with van der Waals surface area (Å²) in [6.45, 7) is 1.08. The highest BCUT2D eigenvalue weighted by molar-refractivity contribution is 7.89. The van der Waals surface area contributed by atoms with Crippen molar-refractivity contribution in [3.63, 3.8) is 0 Å². The average molecular weight is 455 g/mol. The lowest BCUT2D eigenvalue weighted by Crippen LogP contribution is -2.48. The van der Waals surface area contributed by atoms with E-state index in [1.54, 1.807) is 4.90 Å². The van der Waals surface area contributed by atoms with E-state index >= 15 is 0 Å². The molecule has 1 aromatic carbocycles. The van der Waals surface area contributed by atoms with Gasteiger partial charge in [0, 0.05) is 38.0 Å². The van der Waals surface area contributed by atoms with Gasteiger partial charge in [-0.1, -0.05) is 0 Å². The van der Waals surface area contributed by atoms with Crippen molar-refractivity contribution < 1.29 is 27.2 Å². The fourth-order valence-corrected chi connectivity index (χ4v) is 5.42. The van der Waals surface area contributed by atoms with Crippen molar-refractivity contribution >= 4 is 27.7 Å². The van der Waals surface area contributed by atoms with Gasteiger partial charge in [-0.3, -0.25) is 14.4 Å². The molecule has 3 N–H and O–H groups in total. The number of hydrogen-bond donors (Lipinski definition) is 2. The van der Waals surface area contributed by atoms with Crippen LogP contribution in [-0.2, 0) is 24.4 Å². The van der Waals surface area contributed by atoms with Crippen LogP contribution in [0.1, 0.15) is 25.7 Å². The maximum atomic E-state index is 13.1. The van der Waals surface area contributed by atoms with Gasteiger partial charge in [-0.05, 0) is 49.9 Å². The lowest BCUT2D eigenvalue weighted by atomic mass is 9.96. The van der Waals surface area contributed by atoms with E-state index in [0.29, 0.717) is 38.8 Å². The second-order valence-electron chi connectivity index (χ2n) is 7.91. The second-order valence-corrected chi connectivity index (χ2v) is 9.85. The molecule has 0 unspecified atom stereocenters. The number of amides is 3. The Morgan fingerprint density at radius 1 is 0.968 bits per heavy atom. The third-order valence-electron chi connectivity index (χ3n) is 5.94. The van der Waals surface area contributed by atoms with Gasteiger partial charge in [-0.15, -0.1) is 0 Å². The summed E-state index contributed by atoms with van der Waals surface area (Å²) in [5.74, 6) is -1.95. The number of halogens is 1. The highest BCUT2D eigenvalue weighted by Crippen LogP contribution is 2.24. The second kappa shape index (κ2) is 9.73. The molecule has 2 heterocycles. The van der Waals surface area contributed by atoms with Crippen LogP contribution < -0.4 is 11.1 Å². The monoisotopic (exact) mass is 454 g/mol. The molecule has 3 amide bonds. The zero-order valence-corrected chi connectivity index (χ0v) is 17.9.